The summed E-state index contributed by atoms with van der Waals surface area (Å²) < 4.78 is 0. The maximum absolute atomic E-state index is 5.97. The van der Waals surface area contributed by atoms with Gasteiger partial charge in [-0.3, -0.25) is 0 Å². The van der Waals surface area contributed by atoms with Crippen LogP contribution in [0.15, 0.2) is 30.3 Å². The fourth-order valence-electron chi connectivity index (χ4n) is 1.70. The molecule has 0 atom stereocenters. The summed E-state index contributed by atoms with van der Waals surface area (Å²) in [5.41, 5.74) is 1.02. The number of hydrogen-bond donors (Lipinski definition) is 0. The van der Waals surface area contributed by atoms with Crippen molar-refractivity contribution in [2.75, 3.05) is 30.4 Å². The summed E-state index contributed by atoms with van der Waals surface area (Å²) in [6.07, 6.45) is 0. The van der Waals surface area contributed by atoms with Crippen molar-refractivity contribution in [1.82, 2.24) is 15.0 Å². The zero-order valence-electron chi connectivity index (χ0n) is 11.2. The van der Waals surface area contributed by atoms with E-state index in [9.17, 15) is 0 Å². The highest BCUT2D eigenvalue weighted by atomic mass is 35.5. The number of hydrogen-bond acceptors (Lipinski definition) is 5. The van der Waals surface area contributed by atoms with Crippen LogP contribution in [0.25, 0.3) is 0 Å². The van der Waals surface area contributed by atoms with Crippen LogP contribution in [0.2, 0.25) is 5.28 Å². The Morgan fingerprint density at radius 1 is 1.00 bits per heavy atom. The van der Waals surface area contributed by atoms with Gasteiger partial charge in [-0.25, -0.2) is 0 Å². The van der Waals surface area contributed by atoms with Gasteiger partial charge in [0.2, 0.25) is 17.2 Å². The first-order chi connectivity index (χ1) is 9.11. The first-order valence-electron chi connectivity index (χ1n) is 6.03. The quantitative estimate of drug-likeness (QED) is 0.860. The maximum atomic E-state index is 5.97. The Morgan fingerprint density at radius 3 is 2.21 bits per heavy atom. The van der Waals surface area contributed by atoms with Crippen molar-refractivity contribution in [1.29, 1.82) is 0 Å². The number of anilines is 3. The highest BCUT2D eigenvalue weighted by molar-refractivity contribution is 6.28. The summed E-state index contributed by atoms with van der Waals surface area (Å²) in [4.78, 5) is 16.5. The van der Waals surface area contributed by atoms with Gasteiger partial charge in [0.05, 0.1) is 0 Å². The molecular formula is C13H16ClN5. The van der Waals surface area contributed by atoms with Crippen LogP contribution in [0.1, 0.15) is 6.92 Å². The van der Waals surface area contributed by atoms with Crippen LogP contribution in [-0.4, -0.2) is 35.6 Å². The van der Waals surface area contributed by atoms with E-state index < -0.39 is 0 Å². The molecule has 0 saturated carbocycles. The Labute approximate surface area is 117 Å². The van der Waals surface area contributed by atoms with E-state index in [-0.39, 0.29) is 5.28 Å². The van der Waals surface area contributed by atoms with Crippen molar-refractivity contribution in [2.24, 2.45) is 0 Å². The summed E-state index contributed by atoms with van der Waals surface area (Å²) in [6, 6.07) is 9.96. The Morgan fingerprint density at radius 2 is 1.63 bits per heavy atom. The lowest BCUT2D eigenvalue weighted by atomic mass is 10.3. The fourth-order valence-corrected chi connectivity index (χ4v) is 1.85. The van der Waals surface area contributed by atoms with E-state index >= 15 is 0 Å². The number of aromatic nitrogens is 3. The van der Waals surface area contributed by atoms with Gasteiger partial charge in [0.25, 0.3) is 0 Å². The molecule has 0 fully saturated rings. The average molecular weight is 278 g/mol. The minimum Gasteiger partial charge on any atom is -0.347 e. The minimum absolute atomic E-state index is 0.197. The third kappa shape index (κ3) is 3.12. The normalized spacial score (nSPS) is 10.3. The second kappa shape index (κ2) is 5.84. The van der Waals surface area contributed by atoms with Crippen molar-refractivity contribution in [3.63, 3.8) is 0 Å². The molecule has 0 bridgehead atoms. The van der Waals surface area contributed by atoms with Gasteiger partial charge in [0.15, 0.2) is 0 Å². The molecule has 1 aromatic carbocycles. The van der Waals surface area contributed by atoms with Gasteiger partial charge in [0, 0.05) is 26.3 Å². The maximum Gasteiger partial charge on any atom is 0.236 e. The monoisotopic (exact) mass is 277 g/mol. The molecule has 0 aliphatic rings. The molecule has 0 N–H and O–H groups in total. The zero-order chi connectivity index (χ0) is 13.8. The van der Waals surface area contributed by atoms with Crippen molar-refractivity contribution in [3.05, 3.63) is 35.6 Å². The summed E-state index contributed by atoms with van der Waals surface area (Å²) in [5, 5.41) is 0.197. The van der Waals surface area contributed by atoms with Crippen molar-refractivity contribution in [3.8, 4) is 0 Å². The Balaban J connectivity index is 2.44. The largest absolute Gasteiger partial charge is 0.347 e. The number of benzene rings is 1. The molecule has 6 heteroatoms. The van der Waals surface area contributed by atoms with Gasteiger partial charge in [-0.2, -0.15) is 15.0 Å². The first-order valence-corrected chi connectivity index (χ1v) is 6.41. The second-order valence-corrected chi connectivity index (χ2v) is 4.52. The molecule has 100 valence electrons. The molecule has 2 rings (SSSR count). The van der Waals surface area contributed by atoms with Gasteiger partial charge in [-0.05, 0) is 30.7 Å². The van der Waals surface area contributed by atoms with Crippen molar-refractivity contribution in [2.45, 2.75) is 6.92 Å². The lowest BCUT2D eigenvalue weighted by Crippen LogP contribution is -2.21. The van der Waals surface area contributed by atoms with Crippen LogP contribution < -0.4 is 9.80 Å². The molecule has 0 spiro atoms. The molecule has 2 aromatic rings. The number of nitrogens with zero attached hydrogens (tertiary/aromatic N) is 5. The molecule has 19 heavy (non-hydrogen) atoms. The highest BCUT2D eigenvalue weighted by Gasteiger charge is 2.13. The van der Waals surface area contributed by atoms with E-state index in [2.05, 4.69) is 15.0 Å². The van der Waals surface area contributed by atoms with Crippen molar-refractivity contribution < 1.29 is 0 Å². The Kier molecular flexibility index (Phi) is 4.16. The van der Waals surface area contributed by atoms with E-state index in [1.54, 1.807) is 4.90 Å². The van der Waals surface area contributed by atoms with Gasteiger partial charge in [-0.1, -0.05) is 18.2 Å². The summed E-state index contributed by atoms with van der Waals surface area (Å²) in [5.74, 6) is 1.10. The molecule has 0 amide bonds. The van der Waals surface area contributed by atoms with Crippen LogP contribution in [0.4, 0.5) is 17.6 Å². The van der Waals surface area contributed by atoms with Crippen LogP contribution in [-0.2, 0) is 0 Å². The lowest BCUT2D eigenvalue weighted by molar-refractivity contribution is 0.895. The molecule has 0 unspecified atom stereocenters. The third-order valence-electron chi connectivity index (χ3n) is 2.61. The van der Waals surface area contributed by atoms with Gasteiger partial charge < -0.3 is 9.80 Å². The first kappa shape index (κ1) is 13.5. The SMILES string of the molecule is CCN(c1ccccc1)c1nc(Cl)nc(N(C)C)n1. The zero-order valence-corrected chi connectivity index (χ0v) is 12.0. The minimum atomic E-state index is 0.197. The Bertz CT molecular complexity index is 544. The fraction of sp³-hybridized carbons (Fsp3) is 0.308. The average Bonchev–Trinajstić information content (AvgIpc) is 2.40. The molecule has 5 nitrogen and oxygen atoms in total. The molecule has 0 aliphatic heterocycles. The van der Waals surface area contributed by atoms with Crippen LogP contribution >= 0.6 is 11.6 Å². The topological polar surface area (TPSA) is 45.2 Å². The van der Waals surface area contributed by atoms with Crippen LogP contribution in [0, 0.1) is 0 Å². The standard InChI is InChI=1S/C13H16ClN5/c1-4-19(10-8-6-5-7-9-10)13-16-11(14)15-12(17-13)18(2)3/h5-9H,4H2,1-3H3. The van der Waals surface area contributed by atoms with E-state index in [1.165, 1.54) is 0 Å². The smallest absolute Gasteiger partial charge is 0.236 e. The summed E-state index contributed by atoms with van der Waals surface area (Å²) in [6.45, 7) is 2.79. The molecule has 0 aliphatic carbocycles. The number of para-hydroxylation sites is 1. The molecular weight excluding hydrogens is 262 g/mol. The van der Waals surface area contributed by atoms with E-state index in [1.807, 2.05) is 56.3 Å². The summed E-state index contributed by atoms with van der Waals surface area (Å²) in [7, 11) is 3.74. The molecule has 0 radical (unpaired) electrons. The highest BCUT2D eigenvalue weighted by Crippen LogP contribution is 2.23. The van der Waals surface area contributed by atoms with E-state index in [4.69, 9.17) is 11.6 Å². The number of halogens is 1. The van der Waals surface area contributed by atoms with Gasteiger partial charge >= 0.3 is 0 Å². The van der Waals surface area contributed by atoms with Crippen LogP contribution in [0.5, 0.6) is 0 Å². The van der Waals surface area contributed by atoms with E-state index in [0.29, 0.717) is 11.9 Å². The van der Waals surface area contributed by atoms with Crippen LogP contribution in [0.3, 0.4) is 0 Å². The second-order valence-electron chi connectivity index (χ2n) is 4.18. The lowest BCUT2D eigenvalue weighted by Gasteiger charge is -2.22. The Hall–Kier alpha value is -1.88. The predicted molar refractivity (Wildman–Crippen MR) is 78.3 cm³/mol. The van der Waals surface area contributed by atoms with E-state index in [0.717, 1.165) is 12.2 Å². The van der Waals surface area contributed by atoms with Crippen molar-refractivity contribution >= 4 is 29.2 Å². The number of rotatable bonds is 4. The third-order valence-corrected chi connectivity index (χ3v) is 2.78. The molecule has 0 saturated heterocycles. The molecule has 1 heterocycles. The summed E-state index contributed by atoms with van der Waals surface area (Å²) >= 11 is 5.97. The van der Waals surface area contributed by atoms with Gasteiger partial charge in [0.1, 0.15) is 0 Å². The van der Waals surface area contributed by atoms with Gasteiger partial charge in [-0.15, -0.1) is 0 Å². The molecule has 1 aromatic heterocycles. The predicted octanol–water partition coefficient (Wildman–Crippen LogP) is 2.75.